The largest absolute Gasteiger partial charge is 0.326 e. The molecule has 1 amide bonds. The Morgan fingerprint density at radius 1 is 1.21 bits per heavy atom. The van der Waals surface area contributed by atoms with E-state index in [1.165, 1.54) is 6.20 Å². The van der Waals surface area contributed by atoms with Crippen LogP contribution in [0.25, 0.3) is 5.65 Å². The maximum atomic E-state index is 12.3. The number of carbonyl (C=O) groups is 1. The number of aromatic nitrogens is 3. The Balaban J connectivity index is 1.67. The third-order valence-corrected chi connectivity index (χ3v) is 5.01. The van der Waals surface area contributed by atoms with E-state index in [4.69, 9.17) is 5.26 Å². The molecule has 0 saturated heterocycles. The van der Waals surface area contributed by atoms with Gasteiger partial charge in [0.25, 0.3) is 0 Å². The van der Waals surface area contributed by atoms with E-state index in [1.807, 2.05) is 13.8 Å². The lowest BCUT2D eigenvalue weighted by atomic mass is 10.1. The molecule has 0 saturated carbocycles. The molecule has 0 atom stereocenters. The normalized spacial score (nSPS) is 11.2. The van der Waals surface area contributed by atoms with Crippen LogP contribution in [-0.4, -0.2) is 35.2 Å². The van der Waals surface area contributed by atoms with E-state index in [9.17, 15) is 13.2 Å². The van der Waals surface area contributed by atoms with Crippen molar-refractivity contribution in [2.24, 2.45) is 0 Å². The van der Waals surface area contributed by atoms with Crippen molar-refractivity contribution >= 4 is 33.0 Å². The van der Waals surface area contributed by atoms with Gasteiger partial charge < -0.3 is 5.32 Å². The first-order valence-electron chi connectivity index (χ1n) is 8.79. The molecule has 9 nitrogen and oxygen atoms in total. The number of nitriles is 1. The van der Waals surface area contributed by atoms with Crippen LogP contribution < -0.4 is 10.0 Å². The summed E-state index contributed by atoms with van der Waals surface area (Å²) in [5, 5.41) is 16.1. The molecule has 10 heteroatoms. The van der Waals surface area contributed by atoms with E-state index >= 15 is 0 Å². The van der Waals surface area contributed by atoms with Crippen molar-refractivity contribution in [1.82, 2.24) is 14.6 Å². The van der Waals surface area contributed by atoms with Crippen molar-refractivity contribution < 1.29 is 13.2 Å². The molecule has 3 aromatic rings. The van der Waals surface area contributed by atoms with Crippen LogP contribution in [0.2, 0.25) is 0 Å². The molecule has 29 heavy (non-hydrogen) atoms. The number of nitrogens with zero attached hydrogens (tertiary/aromatic N) is 4. The monoisotopic (exact) mass is 412 g/mol. The Bertz CT molecular complexity index is 1220. The molecule has 0 aliphatic carbocycles. The number of nitrogens with one attached hydrogen (secondary N) is 2. The number of fused-ring (bicyclic) bond motifs is 1. The van der Waals surface area contributed by atoms with Crippen LogP contribution in [0.5, 0.6) is 0 Å². The highest BCUT2D eigenvalue weighted by atomic mass is 32.2. The van der Waals surface area contributed by atoms with E-state index in [0.29, 0.717) is 29.0 Å². The van der Waals surface area contributed by atoms with Crippen LogP contribution in [0.4, 0.5) is 11.4 Å². The van der Waals surface area contributed by atoms with Crippen molar-refractivity contribution in [3.63, 3.8) is 0 Å². The summed E-state index contributed by atoms with van der Waals surface area (Å²) >= 11 is 0. The molecule has 2 heterocycles. The molecule has 0 fully saturated rings. The molecule has 150 valence electrons. The van der Waals surface area contributed by atoms with Gasteiger partial charge in [0.05, 0.1) is 12.5 Å². The molecule has 2 aromatic heterocycles. The van der Waals surface area contributed by atoms with Crippen LogP contribution in [0.15, 0.2) is 30.5 Å². The standard InChI is InChI=1S/C19H20N6O3S/c1-12-17(13(2)25-19(22-12)14(10-20)11-21-25)8-9-18(26)23-15-4-6-16(7-5-15)24-29(3,27)28/h4-7,11,24H,8-9H2,1-3H3,(H,23,26). The van der Waals surface area contributed by atoms with Gasteiger partial charge >= 0.3 is 0 Å². The van der Waals surface area contributed by atoms with Gasteiger partial charge in [0, 0.05) is 29.2 Å². The molecule has 0 aliphatic rings. The number of hydrogen-bond donors (Lipinski definition) is 2. The Morgan fingerprint density at radius 3 is 2.48 bits per heavy atom. The first-order chi connectivity index (χ1) is 13.7. The summed E-state index contributed by atoms with van der Waals surface area (Å²) in [7, 11) is -3.34. The van der Waals surface area contributed by atoms with Gasteiger partial charge in [-0.3, -0.25) is 9.52 Å². The van der Waals surface area contributed by atoms with Gasteiger partial charge in [-0.1, -0.05) is 0 Å². The zero-order valence-corrected chi connectivity index (χ0v) is 17.0. The molecule has 1 aromatic carbocycles. The average molecular weight is 412 g/mol. The van der Waals surface area contributed by atoms with Crippen molar-refractivity contribution in [1.29, 1.82) is 5.26 Å². The fourth-order valence-electron chi connectivity index (χ4n) is 3.05. The van der Waals surface area contributed by atoms with Gasteiger partial charge in [0.15, 0.2) is 5.65 Å². The summed E-state index contributed by atoms with van der Waals surface area (Å²) in [6.45, 7) is 3.73. The zero-order valence-electron chi connectivity index (χ0n) is 16.2. The van der Waals surface area contributed by atoms with Gasteiger partial charge in [-0.15, -0.1) is 0 Å². The molecular weight excluding hydrogens is 392 g/mol. The molecule has 0 bridgehead atoms. The Hall–Kier alpha value is -3.45. The minimum Gasteiger partial charge on any atom is -0.326 e. The van der Waals surface area contributed by atoms with E-state index in [0.717, 1.165) is 23.2 Å². The summed E-state index contributed by atoms with van der Waals surface area (Å²) < 4.78 is 26.4. The maximum absolute atomic E-state index is 12.3. The second-order valence-corrected chi connectivity index (χ2v) is 8.41. The van der Waals surface area contributed by atoms with E-state index in [-0.39, 0.29) is 12.3 Å². The Kier molecular flexibility index (Phi) is 5.52. The van der Waals surface area contributed by atoms with E-state index in [1.54, 1.807) is 28.8 Å². The molecule has 0 spiro atoms. The molecule has 2 N–H and O–H groups in total. The predicted molar refractivity (Wildman–Crippen MR) is 109 cm³/mol. The summed E-state index contributed by atoms with van der Waals surface area (Å²) in [6, 6.07) is 8.48. The number of rotatable bonds is 6. The third-order valence-electron chi connectivity index (χ3n) is 4.40. The van der Waals surface area contributed by atoms with Crippen molar-refractivity contribution in [3.05, 3.63) is 53.0 Å². The SMILES string of the molecule is Cc1nc2c(C#N)cnn2c(C)c1CCC(=O)Nc1ccc(NS(C)(=O)=O)cc1. The number of hydrogen-bond acceptors (Lipinski definition) is 6. The third kappa shape index (κ3) is 4.70. The van der Waals surface area contributed by atoms with Gasteiger partial charge in [-0.05, 0) is 50.1 Å². The topological polar surface area (TPSA) is 129 Å². The number of aryl methyl sites for hydroxylation is 2. The first kappa shape index (κ1) is 20.3. The lowest BCUT2D eigenvalue weighted by Gasteiger charge is -2.11. The highest BCUT2D eigenvalue weighted by Crippen LogP contribution is 2.19. The molecule has 0 aliphatic heterocycles. The van der Waals surface area contributed by atoms with Crippen LogP contribution in [-0.2, 0) is 21.2 Å². The molecule has 3 rings (SSSR count). The second kappa shape index (κ2) is 7.89. The fraction of sp³-hybridized carbons (Fsp3) is 0.263. The quantitative estimate of drug-likeness (QED) is 0.638. The predicted octanol–water partition coefficient (Wildman–Crippen LogP) is 2.16. The van der Waals surface area contributed by atoms with E-state index in [2.05, 4.69) is 26.2 Å². The molecular formula is C19H20N6O3S. The summed E-state index contributed by atoms with van der Waals surface area (Å²) in [6.07, 6.45) is 3.27. The van der Waals surface area contributed by atoms with Crippen molar-refractivity contribution in [2.75, 3.05) is 16.3 Å². The average Bonchev–Trinajstić information content (AvgIpc) is 3.05. The first-order valence-corrected chi connectivity index (χ1v) is 10.7. The van der Waals surface area contributed by atoms with Crippen LogP contribution >= 0.6 is 0 Å². The number of carbonyl (C=O) groups excluding carboxylic acids is 1. The minimum atomic E-state index is -3.34. The van der Waals surface area contributed by atoms with E-state index < -0.39 is 10.0 Å². The highest BCUT2D eigenvalue weighted by molar-refractivity contribution is 7.92. The van der Waals surface area contributed by atoms with Gasteiger partial charge in [-0.25, -0.2) is 17.9 Å². The van der Waals surface area contributed by atoms with Gasteiger partial charge in [-0.2, -0.15) is 10.4 Å². The van der Waals surface area contributed by atoms with Crippen LogP contribution in [0.1, 0.15) is 28.9 Å². The molecule has 0 unspecified atom stereocenters. The number of benzene rings is 1. The minimum absolute atomic E-state index is 0.175. The Morgan fingerprint density at radius 2 is 1.86 bits per heavy atom. The second-order valence-electron chi connectivity index (χ2n) is 6.67. The fourth-order valence-corrected chi connectivity index (χ4v) is 3.61. The smallest absolute Gasteiger partial charge is 0.229 e. The lowest BCUT2D eigenvalue weighted by Crippen LogP contribution is -2.14. The van der Waals surface area contributed by atoms with Gasteiger partial charge in [0.2, 0.25) is 15.9 Å². The number of anilines is 2. The van der Waals surface area contributed by atoms with Crippen LogP contribution in [0.3, 0.4) is 0 Å². The maximum Gasteiger partial charge on any atom is 0.229 e. The summed E-state index contributed by atoms with van der Waals surface area (Å²) in [5.41, 5.74) is 4.43. The number of sulfonamides is 1. The summed E-state index contributed by atoms with van der Waals surface area (Å²) in [5.74, 6) is -0.175. The van der Waals surface area contributed by atoms with Crippen LogP contribution in [0, 0.1) is 25.2 Å². The Labute approximate surface area is 168 Å². The van der Waals surface area contributed by atoms with Crippen molar-refractivity contribution in [3.8, 4) is 6.07 Å². The van der Waals surface area contributed by atoms with Crippen molar-refractivity contribution in [2.45, 2.75) is 26.7 Å². The zero-order chi connectivity index (χ0) is 21.2. The lowest BCUT2D eigenvalue weighted by molar-refractivity contribution is -0.116. The van der Waals surface area contributed by atoms with Gasteiger partial charge in [0.1, 0.15) is 11.6 Å². The highest BCUT2D eigenvalue weighted by Gasteiger charge is 2.15. The summed E-state index contributed by atoms with van der Waals surface area (Å²) in [4.78, 5) is 16.8. The number of amides is 1. The molecule has 0 radical (unpaired) electrons.